The smallest absolute Gasteiger partial charge is 0.193 e. The number of hydrogen-bond acceptors (Lipinski definition) is 5. The SMILES string of the molecule is COc1ccc(OC)c(NC(N)=NCc2cccc(CN3CCOCC3)c2)c1. The Morgan fingerprint density at radius 3 is 2.64 bits per heavy atom. The van der Waals surface area contributed by atoms with Crippen molar-refractivity contribution in [2.45, 2.75) is 13.1 Å². The lowest BCUT2D eigenvalue weighted by molar-refractivity contribution is 0.0342. The molecule has 1 saturated heterocycles. The largest absolute Gasteiger partial charge is 0.497 e. The number of aliphatic imine (C=N–C) groups is 1. The molecule has 0 radical (unpaired) electrons. The van der Waals surface area contributed by atoms with Crippen LogP contribution in [0.5, 0.6) is 11.5 Å². The summed E-state index contributed by atoms with van der Waals surface area (Å²) < 4.78 is 16.0. The lowest BCUT2D eigenvalue weighted by Crippen LogP contribution is -2.35. The lowest BCUT2D eigenvalue weighted by atomic mass is 10.1. The van der Waals surface area contributed by atoms with Gasteiger partial charge in [0, 0.05) is 25.7 Å². The molecule has 150 valence electrons. The summed E-state index contributed by atoms with van der Waals surface area (Å²) in [6, 6.07) is 13.9. The molecule has 0 unspecified atom stereocenters. The topological polar surface area (TPSA) is 81.3 Å². The van der Waals surface area contributed by atoms with Gasteiger partial charge in [-0.05, 0) is 23.3 Å². The molecule has 0 saturated carbocycles. The molecule has 0 aromatic heterocycles. The zero-order valence-electron chi connectivity index (χ0n) is 16.5. The summed E-state index contributed by atoms with van der Waals surface area (Å²) in [6.07, 6.45) is 0. The molecule has 1 fully saturated rings. The van der Waals surface area contributed by atoms with Crippen LogP contribution in [-0.4, -0.2) is 51.4 Å². The van der Waals surface area contributed by atoms with E-state index in [2.05, 4.69) is 39.5 Å². The van der Waals surface area contributed by atoms with Crippen LogP contribution in [0.25, 0.3) is 0 Å². The van der Waals surface area contributed by atoms with Crippen LogP contribution in [0.4, 0.5) is 5.69 Å². The van der Waals surface area contributed by atoms with Gasteiger partial charge in [0.15, 0.2) is 5.96 Å². The minimum Gasteiger partial charge on any atom is -0.497 e. The average molecular weight is 384 g/mol. The number of hydrogen-bond donors (Lipinski definition) is 2. The van der Waals surface area contributed by atoms with Crippen molar-refractivity contribution in [1.82, 2.24) is 4.90 Å². The van der Waals surface area contributed by atoms with Gasteiger partial charge in [0.05, 0.1) is 39.7 Å². The molecule has 28 heavy (non-hydrogen) atoms. The van der Waals surface area contributed by atoms with Gasteiger partial charge >= 0.3 is 0 Å². The molecule has 0 aliphatic carbocycles. The molecule has 2 aromatic rings. The van der Waals surface area contributed by atoms with Crippen molar-refractivity contribution in [2.75, 3.05) is 45.8 Å². The summed E-state index contributed by atoms with van der Waals surface area (Å²) in [4.78, 5) is 6.86. The highest BCUT2D eigenvalue weighted by Gasteiger charge is 2.11. The fraction of sp³-hybridized carbons (Fsp3) is 0.381. The molecular formula is C21H28N4O3. The third kappa shape index (κ3) is 5.61. The third-order valence-electron chi connectivity index (χ3n) is 4.60. The molecule has 0 spiro atoms. The second-order valence-electron chi connectivity index (χ2n) is 6.60. The zero-order chi connectivity index (χ0) is 19.8. The molecule has 0 atom stereocenters. The fourth-order valence-corrected chi connectivity index (χ4v) is 3.11. The Morgan fingerprint density at radius 1 is 1.11 bits per heavy atom. The number of rotatable bonds is 7. The highest BCUT2D eigenvalue weighted by Crippen LogP contribution is 2.28. The van der Waals surface area contributed by atoms with E-state index in [1.807, 2.05) is 18.2 Å². The molecule has 2 aromatic carbocycles. The second-order valence-corrected chi connectivity index (χ2v) is 6.60. The van der Waals surface area contributed by atoms with Crippen molar-refractivity contribution in [3.05, 3.63) is 53.6 Å². The molecule has 3 N–H and O–H groups in total. The number of nitrogens with two attached hydrogens (primary N) is 1. The summed E-state index contributed by atoms with van der Waals surface area (Å²) in [6.45, 7) is 4.99. The van der Waals surface area contributed by atoms with E-state index in [9.17, 15) is 0 Å². The molecule has 3 rings (SSSR count). The van der Waals surface area contributed by atoms with Gasteiger partial charge in [-0.1, -0.05) is 24.3 Å². The maximum Gasteiger partial charge on any atom is 0.193 e. The maximum absolute atomic E-state index is 6.08. The van der Waals surface area contributed by atoms with E-state index in [1.165, 1.54) is 5.56 Å². The van der Waals surface area contributed by atoms with Crippen molar-refractivity contribution in [1.29, 1.82) is 0 Å². The quantitative estimate of drug-likeness (QED) is 0.564. The fourth-order valence-electron chi connectivity index (χ4n) is 3.11. The van der Waals surface area contributed by atoms with E-state index >= 15 is 0 Å². The van der Waals surface area contributed by atoms with E-state index in [0.717, 1.165) is 38.4 Å². The Bertz CT molecular complexity index is 804. The summed E-state index contributed by atoms with van der Waals surface area (Å²) in [5.74, 6) is 1.71. The van der Waals surface area contributed by atoms with Gasteiger partial charge in [-0.15, -0.1) is 0 Å². The van der Waals surface area contributed by atoms with Crippen LogP contribution < -0.4 is 20.5 Å². The molecule has 7 nitrogen and oxygen atoms in total. The van der Waals surface area contributed by atoms with E-state index in [1.54, 1.807) is 14.2 Å². The zero-order valence-corrected chi connectivity index (χ0v) is 16.5. The molecule has 1 heterocycles. The van der Waals surface area contributed by atoms with Crippen molar-refractivity contribution < 1.29 is 14.2 Å². The minimum absolute atomic E-state index is 0.324. The first-order chi connectivity index (χ1) is 13.7. The highest BCUT2D eigenvalue weighted by molar-refractivity contribution is 5.94. The van der Waals surface area contributed by atoms with Crippen molar-refractivity contribution >= 4 is 11.6 Å². The number of guanidine groups is 1. The predicted octanol–water partition coefficient (Wildman–Crippen LogP) is 2.46. The molecule has 0 amide bonds. The summed E-state index contributed by atoms with van der Waals surface area (Å²) in [5.41, 5.74) is 9.18. The van der Waals surface area contributed by atoms with E-state index < -0.39 is 0 Å². The number of morpholine rings is 1. The van der Waals surface area contributed by atoms with Crippen LogP contribution in [-0.2, 0) is 17.8 Å². The Labute approximate surface area is 166 Å². The van der Waals surface area contributed by atoms with Gasteiger partial charge in [0.25, 0.3) is 0 Å². The molecule has 0 bridgehead atoms. The van der Waals surface area contributed by atoms with Crippen molar-refractivity contribution in [2.24, 2.45) is 10.7 Å². The van der Waals surface area contributed by atoms with Gasteiger partial charge in [0.1, 0.15) is 11.5 Å². The predicted molar refractivity (Wildman–Crippen MR) is 111 cm³/mol. The van der Waals surface area contributed by atoms with Crippen LogP contribution in [0, 0.1) is 0 Å². The van der Waals surface area contributed by atoms with Crippen LogP contribution in [0.3, 0.4) is 0 Å². The first-order valence-corrected chi connectivity index (χ1v) is 9.35. The Morgan fingerprint density at radius 2 is 1.89 bits per heavy atom. The molecule has 1 aliphatic heterocycles. The first kappa shape index (κ1) is 20.0. The number of nitrogens with zero attached hydrogens (tertiary/aromatic N) is 2. The van der Waals surface area contributed by atoms with Gasteiger partial charge in [-0.2, -0.15) is 0 Å². The van der Waals surface area contributed by atoms with Gasteiger partial charge < -0.3 is 25.3 Å². The Hall–Kier alpha value is -2.77. The van der Waals surface area contributed by atoms with E-state index in [4.69, 9.17) is 19.9 Å². The number of methoxy groups -OCH3 is 2. The number of anilines is 1. The van der Waals surface area contributed by atoms with Gasteiger partial charge in [0.2, 0.25) is 0 Å². The normalized spacial score (nSPS) is 15.3. The Balaban J connectivity index is 1.62. The standard InChI is InChI=1S/C21H28N4O3/c1-26-18-6-7-20(27-2)19(13-18)24-21(22)23-14-16-4-3-5-17(12-16)15-25-8-10-28-11-9-25/h3-7,12-13H,8-11,14-15H2,1-2H3,(H3,22,23,24). The average Bonchev–Trinajstić information content (AvgIpc) is 2.73. The highest BCUT2D eigenvalue weighted by atomic mass is 16.5. The number of ether oxygens (including phenoxy) is 3. The molecular weight excluding hydrogens is 356 g/mol. The number of nitrogens with one attached hydrogen (secondary N) is 1. The maximum atomic E-state index is 6.08. The first-order valence-electron chi connectivity index (χ1n) is 9.35. The van der Waals surface area contributed by atoms with Crippen LogP contribution >= 0.6 is 0 Å². The minimum atomic E-state index is 0.324. The number of benzene rings is 2. The monoisotopic (exact) mass is 384 g/mol. The summed E-state index contributed by atoms with van der Waals surface area (Å²) in [7, 11) is 3.23. The second kappa shape index (κ2) is 9.96. The molecule has 7 heteroatoms. The summed E-state index contributed by atoms with van der Waals surface area (Å²) >= 11 is 0. The van der Waals surface area contributed by atoms with Crippen LogP contribution in [0.2, 0.25) is 0 Å². The van der Waals surface area contributed by atoms with Crippen LogP contribution in [0.1, 0.15) is 11.1 Å². The van der Waals surface area contributed by atoms with Gasteiger partial charge in [-0.25, -0.2) is 4.99 Å². The van der Waals surface area contributed by atoms with Gasteiger partial charge in [-0.3, -0.25) is 4.90 Å². The van der Waals surface area contributed by atoms with E-state index in [-0.39, 0.29) is 0 Å². The molecule has 1 aliphatic rings. The summed E-state index contributed by atoms with van der Waals surface area (Å²) in [5, 5.41) is 3.09. The van der Waals surface area contributed by atoms with Crippen LogP contribution in [0.15, 0.2) is 47.5 Å². The van der Waals surface area contributed by atoms with E-state index in [0.29, 0.717) is 29.7 Å². The third-order valence-corrected chi connectivity index (χ3v) is 4.60. The lowest BCUT2D eigenvalue weighted by Gasteiger charge is -2.26. The Kier molecular flexibility index (Phi) is 7.11. The van der Waals surface area contributed by atoms with Crippen molar-refractivity contribution in [3.63, 3.8) is 0 Å². The van der Waals surface area contributed by atoms with Crippen molar-refractivity contribution in [3.8, 4) is 11.5 Å².